The van der Waals surface area contributed by atoms with Crippen LogP contribution in [-0.2, 0) is 11.3 Å². The van der Waals surface area contributed by atoms with Gasteiger partial charge in [0.15, 0.2) is 0 Å². The molecule has 0 aromatic carbocycles. The molecule has 0 aliphatic carbocycles. The maximum absolute atomic E-state index is 11.8. The van der Waals surface area contributed by atoms with Crippen LogP contribution in [0.15, 0.2) is 16.7 Å². The molecule has 100 valence electrons. The van der Waals surface area contributed by atoms with E-state index in [-0.39, 0.29) is 0 Å². The number of amides is 2. The van der Waals surface area contributed by atoms with E-state index < -0.39 is 18.0 Å². The molecule has 1 heterocycles. The fraction of sp³-hybridized carbons (Fsp3) is 0.500. The molecule has 1 rings (SSSR count). The number of furan rings is 1. The van der Waals surface area contributed by atoms with Crippen molar-refractivity contribution in [1.29, 1.82) is 0 Å². The summed E-state index contributed by atoms with van der Waals surface area (Å²) in [6.07, 6.45) is 1.90. The Bertz CT molecular complexity index is 427. The highest BCUT2D eigenvalue weighted by molar-refractivity contribution is 5.82. The van der Waals surface area contributed by atoms with E-state index in [2.05, 4.69) is 5.32 Å². The van der Waals surface area contributed by atoms with Crippen LogP contribution in [0.3, 0.4) is 0 Å². The van der Waals surface area contributed by atoms with Gasteiger partial charge in [0.25, 0.3) is 0 Å². The third-order valence-electron chi connectivity index (χ3n) is 2.72. The van der Waals surface area contributed by atoms with Crippen LogP contribution in [0.4, 0.5) is 4.79 Å². The Kier molecular flexibility index (Phi) is 4.76. The molecule has 0 saturated carbocycles. The first-order chi connectivity index (χ1) is 8.45. The maximum atomic E-state index is 11.8. The number of nitrogens with one attached hydrogen (secondary N) is 1. The standard InChI is InChI=1S/C12H18N2O4/c1-4-10(11(15)16)13-12(17)14(3)7-9-5-6-18-8(9)2/h5-6,10H,4,7H2,1-3H3,(H,13,17)(H,15,16)/t10-/m1/s1. The summed E-state index contributed by atoms with van der Waals surface area (Å²) in [5.41, 5.74) is 0.899. The Balaban J connectivity index is 2.56. The number of aliphatic carboxylic acids is 1. The minimum atomic E-state index is -1.03. The molecule has 0 spiro atoms. The zero-order chi connectivity index (χ0) is 13.7. The van der Waals surface area contributed by atoms with E-state index in [9.17, 15) is 9.59 Å². The molecule has 1 aromatic rings. The summed E-state index contributed by atoms with van der Waals surface area (Å²) in [5.74, 6) is -0.279. The molecule has 0 aliphatic heterocycles. The number of rotatable bonds is 5. The largest absolute Gasteiger partial charge is 0.480 e. The molecule has 1 atom stereocenters. The number of carbonyl (C=O) groups excluding carboxylic acids is 1. The Morgan fingerprint density at radius 3 is 2.67 bits per heavy atom. The van der Waals surface area contributed by atoms with Crippen molar-refractivity contribution in [3.63, 3.8) is 0 Å². The van der Waals surface area contributed by atoms with Crippen LogP contribution in [0.2, 0.25) is 0 Å². The van der Waals surface area contributed by atoms with E-state index in [4.69, 9.17) is 9.52 Å². The van der Waals surface area contributed by atoms with Gasteiger partial charge in [-0.2, -0.15) is 0 Å². The third kappa shape index (κ3) is 3.51. The molecule has 1 aromatic heterocycles. The Morgan fingerprint density at radius 2 is 2.22 bits per heavy atom. The van der Waals surface area contributed by atoms with Crippen LogP contribution in [0, 0.1) is 6.92 Å². The average molecular weight is 254 g/mol. The van der Waals surface area contributed by atoms with Crippen molar-refractivity contribution in [2.24, 2.45) is 0 Å². The summed E-state index contributed by atoms with van der Waals surface area (Å²) in [4.78, 5) is 24.0. The van der Waals surface area contributed by atoms with Crippen molar-refractivity contribution in [2.75, 3.05) is 7.05 Å². The van der Waals surface area contributed by atoms with Gasteiger partial charge in [0.1, 0.15) is 11.8 Å². The Labute approximate surface area is 106 Å². The third-order valence-corrected chi connectivity index (χ3v) is 2.72. The predicted molar refractivity (Wildman–Crippen MR) is 65.2 cm³/mol. The average Bonchev–Trinajstić information content (AvgIpc) is 2.71. The minimum absolute atomic E-state index is 0.347. The normalized spacial score (nSPS) is 11.9. The van der Waals surface area contributed by atoms with Crippen molar-refractivity contribution < 1.29 is 19.1 Å². The van der Waals surface area contributed by atoms with Gasteiger partial charge < -0.3 is 19.7 Å². The summed E-state index contributed by atoms with van der Waals surface area (Å²) in [5, 5.41) is 11.3. The summed E-state index contributed by atoms with van der Waals surface area (Å²) in [7, 11) is 1.61. The number of hydrogen-bond donors (Lipinski definition) is 2. The summed E-state index contributed by atoms with van der Waals surface area (Å²) in [6, 6.07) is 0.517. The molecule has 0 unspecified atom stereocenters. The SMILES string of the molecule is CC[C@@H](NC(=O)N(C)Cc1ccoc1C)C(=O)O. The molecule has 0 saturated heterocycles. The molecular formula is C12H18N2O4. The molecule has 0 bridgehead atoms. The van der Waals surface area contributed by atoms with Crippen LogP contribution >= 0.6 is 0 Å². The van der Waals surface area contributed by atoms with Gasteiger partial charge in [-0.15, -0.1) is 0 Å². The number of nitrogens with zero attached hydrogens (tertiary/aromatic N) is 1. The van der Waals surface area contributed by atoms with E-state index in [0.29, 0.717) is 13.0 Å². The van der Waals surface area contributed by atoms with Gasteiger partial charge in [-0.3, -0.25) is 0 Å². The summed E-state index contributed by atoms with van der Waals surface area (Å²) >= 11 is 0. The number of carboxylic acids is 1. The quantitative estimate of drug-likeness (QED) is 0.836. The number of carboxylic acid groups (broad SMARTS) is 1. The molecular weight excluding hydrogens is 236 g/mol. The monoisotopic (exact) mass is 254 g/mol. The summed E-state index contributed by atoms with van der Waals surface area (Å²) in [6.45, 7) is 3.90. The zero-order valence-electron chi connectivity index (χ0n) is 10.8. The lowest BCUT2D eigenvalue weighted by molar-refractivity contribution is -0.139. The minimum Gasteiger partial charge on any atom is -0.480 e. The van der Waals surface area contributed by atoms with Gasteiger partial charge in [0, 0.05) is 12.6 Å². The van der Waals surface area contributed by atoms with Gasteiger partial charge in [-0.1, -0.05) is 6.92 Å². The van der Waals surface area contributed by atoms with Gasteiger partial charge in [0.2, 0.25) is 0 Å². The molecule has 6 heteroatoms. The second-order valence-electron chi connectivity index (χ2n) is 4.11. The molecule has 18 heavy (non-hydrogen) atoms. The lowest BCUT2D eigenvalue weighted by Crippen LogP contribution is -2.46. The second kappa shape index (κ2) is 6.09. The van der Waals surface area contributed by atoms with Gasteiger partial charge in [0.05, 0.1) is 12.8 Å². The summed E-state index contributed by atoms with van der Waals surface area (Å²) < 4.78 is 5.13. The van der Waals surface area contributed by atoms with Crippen molar-refractivity contribution >= 4 is 12.0 Å². The Hall–Kier alpha value is -1.98. The number of hydrogen-bond acceptors (Lipinski definition) is 3. The van der Waals surface area contributed by atoms with Crippen molar-refractivity contribution in [3.8, 4) is 0 Å². The van der Waals surface area contributed by atoms with Crippen molar-refractivity contribution in [1.82, 2.24) is 10.2 Å². The fourth-order valence-corrected chi connectivity index (χ4v) is 1.50. The van der Waals surface area contributed by atoms with E-state index in [0.717, 1.165) is 11.3 Å². The maximum Gasteiger partial charge on any atom is 0.326 e. The number of carbonyl (C=O) groups is 2. The van der Waals surface area contributed by atoms with Crippen molar-refractivity contribution in [2.45, 2.75) is 32.9 Å². The molecule has 0 fully saturated rings. The van der Waals surface area contributed by atoms with Crippen LogP contribution in [0.5, 0.6) is 0 Å². The fourth-order valence-electron chi connectivity index (χ4n) is 1.50. The molecule has 6 nitrogen and oxygen atoms in total. The van der Waals surface area contributed by atoms with Crippen LogP contribution in [0.1, 0.15) is 24.7 Å². The van der Waals surface area contributed by atoms with Crippen LogP contribution in [-0.4, -0.2) is 35.1 Å². The molecule has 2 amide bonds. The first kappa shape index (κ1) is 14.1. The van der Waals surface area contributed by atoms with E-state index >= 15 is 0 Å². The lowest BCUT2D eigenvalue weighted by atomic mass is 10.2. The zero-order valence-corrected chi connectivity index (χ0v) is 10.8. The van der Waals surface area contributed by atoms with E-state index in [1.807, 2.05) is 6.92 Å². The number of urea groups is 1. The van der Waals surface area contributed by atoms with Crippen molar-refractivity contribution in [3.05, 3.63) is 23.7 Å². The smallest absolute Gasteiger partial charge is 0.326 e. The highest BCUT2D eigenvalue weighted by atomic mass is 16.4. The van der Waals surface area contributed by atoms with Gasteiger partial charge >= 0.3 is 12.0 Å². The molecule has 0 aliphatic rings. The lowest BCUT2D eigenvalue weighted by Gasteiger charge is -2.20. The van der Waals surface area contributed by atoms with Gasteiger partial charge in [-0.25, -0.2) is 9.59 Å². The van der Waals surface area contributed by atoms with E-state index in [1.165, 1.54) is 4.90 Å². The topological polar surface area (TPSA) is 82.8 Å². The first-order valence-corrected chi connectivity index (χ1v) is 5.73. The van der Waals surface area contributed by atoms with Crippen LogP contribution in [0.25, 0.3) is 0 Å². The molecule has 0 radical (unpaired) electrons. The first-order valence-electron chi connectivity index (χ1n) is 5.73. The Morgan fingerprint density at radius 1 is 1.56 bits per heavy atom. The van der Waals surface area contributed by atoms with E-state index in [1.54, 1.807) is 26.3 Å². The van der Waals surface area contributed by atoms with Crippen LogP contribution < -0.4 is 5.32 Å². The predicted octanol–water partition coefficient (Wildman–Crippen LogP) is 1.59. The van der Waals surface area contributed by atoms with Gasteiger partial charge in [-0.05, 0) is 19.4 Å². The highest BCUT2D eigenvalue weighted by Gasteiger charge is 2.20. The molecule has 2 N–H and O–H groups in total. The second-order valence-corrected chi connectivity index (χ2v) is 4.11. The number of aryl methyl sites for hydroxylation is 1. The highest BCUT2D eigenvalue weighted by Crippen LogP contribution is 2.11.